The van der Waals surface area contributed by atoms with E-state index in [4.69, 9.17) is 4.74 Å². The molecule has 0 aliphatic carbocycles. The third kappa shape index (κ3) is 10.3. The van der Waals surface area contributed by atoms with Crippen molar-refractivity contribution in [3.05, 3.63) is 0 Å². The molecule has 0 aromatic rings. The van der Waals surface area contributed by atoms with Crippen LogP contribution in [0.25, 0.3) is 0 Å². The van der Waals surface area contributed by atoms with Crippen LogP contribution in [0.1, 0.15) is 71.6 Å². The van der Waals surface area contributed by atoms with Crippen molar-refractivity contribution in [3.8, 4) is 0 Å². The average Bonchev–Trinajstić information content (AvgIpc) is 2.50. The molecule has 0 saturated heterocycles. The second kappa shape index (κ2) is 12.7. The Morgan fingerprint density at radius 1 is 0.810 bits per heavy atom. The molecule has 0 aliphatic heterocycles. The fraction of sp³-hybridized carbons (Fsp3) is 0.882. The number of rotatable bonds is 12. The molecule has 0 aliphatic rings. The molecule has 2 atom stereocenters. The molecule has 0 rings (SSSR count). The van der Waals surface area contributed by atoms with Crippen LogP contribution in [0.4, 0.5) is 0 Å². The lowest BCUT2D eigenvalue weighted by Gasteiger charge is -2.17. The smallest absolute Gasteiger partial charge is 0.308 e. The van der Waals surface area contributed by atoms with Crippen LogP contribution in [0, 0.1) is 11.8 Å². The molecule has 124 valence electrons. The SMILES string of the molecule is COC(=O)CCCCCCCCCC(C)C(C)C(=O)OC. The summed E-state index contributed by atoms with van der Waals surface area (Å²) in [5.74, 6) is 0.169. The van der Waals surface area contributed by atoms with Gasteiger partial charge < -0.3 is 9.47 Å². The zero-order chi connectivity index (χ0) is 16.1. The third-order valence-electron chi connectivity index (χ3n) is 4.19. The summed E-state index contributed by atoms with van der Waals surface area (Å²) in [4.78, 5) is 22.3. The Kier molecular flexibility index (Phi) is 12.0. The van der Waals surface area contributed by atoms with Crippen molar-refractivity contribution >= 4 is 11.9 Å². The molecule has 4 nitrogen and oxygen atoms in total. The van der Waals surface area contributed by atoms with Crippen molar-refractivity contribution in [2.45, 2.75) is 71.6 Å². The van der Waals surface area contributed by atoms with Gasteiger partial charge in [0, 0.05) is 6.42 Å². The van der Waals surface area contributed by atoms with Crippen molar-refractivity contribution in [2.75, 3.05) is 14.2 Å². The van der Waals surface area contributed by atoms with Gasteiger partial charge in [-0.3, -0.25) is 9.59 Å². The fourth-order valence-electron chi connectivity index (χ4n) is 2.39. The minimum absolute atomic E-state index is 0.00618. The number of carbonyl (C=O) groups is 2. The Bertz CT molecular complexity index is 289. The van der Waals surface area contributed by atoms with Crippen molar-refractivity contribution in [1.29, 1.82) is 0 Å². The Labute approximate surface area is 129 Å². The number of carbonyl (C=O) groups excluding carboxylic acids is 2. The van der Waals surface area contributed by atoms with Gasteiger partial charge in [-0.25, -0.2) is 0 Å². The molecule has 0 saturated carbocycles. The average molecular weight is 300 g/mol. The molecular formula is C17H32O4. The van der Waals surface area contributed by atoms with Gasteiger partial charge in [0.2, 0.25) is 0 Å². The molecule has 0 heterocycles. The van der Waals surface area contributed by atoms with E-state index in [1.165, 1.54) is 46.3 Å². The number of methoxy groups -OCH3 is 2. The second-order valence-electron chi connectivity index (χ2n) is 5.88. The minimum atomic E-state index is -0.108. The number of hydrogen-bond acceptors (Lipinski definition) is 4. The topological polar surface area (TPSA) is 52.6 Å². The summed E-state index contributed by atoms with van der Waals surface area (Å²) in [6, 6.07) is 0. The van der Waals surface area contributed by atoms with Gasteiger partial charge in [-0.15, -0.1) is 0 Å². The summed E-state index contributed by atoms with van der Waals surface area (Å²) in [7, 11) is 2.89. The zero-order valence-electron chi connectivity index (χ0n) is 14.2. The monoisotopic (exact) mass is 300 g/mol. The van der Waals surface area contributed by atoms with E-state index in [1.807, 2.05) is 6.92 Å². The van der Waals surface area contributed by atoms with Crippen molar-refractivity contribution in [3.63, 3.8) is 0 Å². The standard InChI is InChI=1S/C17H32O4/c1-14(15(2)17(19)21-4)12-10-8-6-5-7-9-11-13-16(18)20-3/h14-15H,5-13H2,1-4H3. The fourth-order valence-corrected chi connectivity index (χ4v) is 2.39. The quantitative estimate of drug-likeness (QED) is 0.402. The normalized spacial score (nSPS) is 13.5. The number of hydrogen-bond donors (Lipinski definition) is 0. The summed E-state index contributed by atoms with van der Waals surface area (Å²) in [5.41, 5.74) is 0. The van der Waals surface area contributed by atoms with E-state index in [0.717, 1.165) is 19.3 Å². The molecule has 21 heavy (non-hydrogen) atoms. The molecular weight excluding hydrogens is 268 g/mol. The summed E-state index contributed by atoms with van der Waals surface area (Å²) < 4.78 is 9.37. The van der Waals surface area contributed by atoms with Gasteiger partial charge in [0.25, 0.3) is 0 Å². The van der Waals surface area contributed by atoms with Gasteiger partial charge in [0.1, 0.15) is 0 Å². The highest BCUT2D eigenvalue weighted by Crippen LogP contribution is 2.20. The van der Waals surface area contributed by atoms with E-state index in [-0.39, 0.29) is 17.9 Å². The van der Waals surface area contributed by atoms with Gasteiger partial charge in [-0.05, 0) is 18.8 Å². The zero-order valence-corrected chi connectivity index (χ0v) is 14.2. The van der Waals surface area contributed by atoms with Crippen LogP contribution in [0.15, 0.2) is 0 Å². The van der Waals surface area contributed by atoms with E-state index in [1.54, 1.807) is 0 Å². The first kappa shape index (κ1) is 19.9. The van der Waals surface area contributed by atoms with Crippen LogP contribution in [0.2, 0.25) is 0 Å². The van der Waals surface area contributed by atoms with Gasteiger partial charge in [0.05, 0.1) is 20.1 Å². The largest absolute Gasteiger partial charge is 0.469 e. The maximum Gasteiger partial charge on any atom is 0.308 e. The first-order valence-corrected chi connectivity index (χ1v) is 8.17. The summed E-state index contributed by atoms with van der Waals surface area (Å²) in [6.45, 7) is 4.06. The molecule has 0 fully saturated rings. The van der Waals surface area contributed by atoms with Crippen LogP contribution in [0.5, 0.6) is 0 Å². The first-order chi connectivity index (χ1) is 10.0. The second-order valence-corrected chi connectivity index (χ2v) is 5.88. The predicted molar refractivity (Wildman–Crippen MR) is 83.9 cm³/mol. The van der Waals surface area contributed by atoms with E-state index in [9.17, 15) is 9.59 Å². The lowest BCUT2D eigenvalue weighted by atomic mass is 9.90. The Balaban J connectivity index is 3.40. The highest BCUT2D eigenvalue weighted by molar-refractivity contribution is 5.72. The van der Waals surface area contributed by atoms with E-state index < -0.39 is 0 Å². The lowest BCUT2D eigenvalue weighted by Crippen LogP contribution is -2.20. The van der Waals surface area contributed by atoms with Crippen molar-refractivity contribution in [2.24, 2.45) is 11.8 Å². The molecule has 0 N–H and O–H groups in total. The number of ether oxygens (including phenoxy) is 2. The van der Waals surface area contributed by atoms with Gasteiger partial charge in [-0.2, -0.15) is 0 Å². The molecule has 0 amide bonds. The van der Waals surface area contributed by atoms with Gasteiger partial charge in [-0.1, -0.05) is 52.4 Å². The number of esters is 2. The van der Waals surface area contributed by atoms with E-state index >= 15 is 0 Å². The minimum Gasteiger partial charge on any atom is -0.469 e. The van der Waals surface area contributed by atoms with Crippen LogP contribution < -0.4 is 0 Å². The van der Waals surface area contributed by atoms with Crippen LogP contribution in [-0.2, 0) is 19.1 Å². The van der Waals surface area contributed by atoms with Gasteiger partial charge >= 0.3 is 11.9 Å². The Morgan fingerprint density at radius 2 is 1.33 bits per heavy atom. The van der Waals surface area contributed by atoms with Crippen molar-refractivity contribution < 1.29 is 19.1 Å². The summed E-state index contributed by atoms with van der Waals surface area (Å²) >= 11 is 0. The highest BCUT2D eigenvalue weighted by Gasteiger charge is 2.19. The first-order valence-electron chi connectivity index (χ1n) is 8.17. The van der Waals surface area contributed by atoms with E-state index in [0.29, 0.717) is 12.3 Å². The summed E-state index contributed by atoms with van der Waals surface area (Å²) in [5, 5.41) is 0. The lowest BCUT2D eigenvalue weighted by molar-refractivity contribution is -0.146. The predicted octanol–water partition coefficient (Wildman–Crippen LogP) is 4.12. The highest BCUT2D eigenvalue weighted by atomic mass is 16.5. The molecule has 0 aromatic heterocycles. The molecule has 0 spiro atoms. The molecule has 0 aromatic carbocycles. The molecule has 2 unspecified atom stereocenters. The molecule has 4 heteroatoms. The molecule has 0 bridgehead atoms. The van der Waals surface area contributed by atoms with E-state index in [2.05, 4.69) is 11.7 Å². The summed E-state index contributed by atoms with van der Waals surface area (Å²) in [6.07, 6.45) is 9.69. The van der Waals surface area contributed by atoms with Gasteiger partial charge in [0.15, 0.2) is 0 Å². The Morgan fingerprint density at radius 3 is 1.86 bits per heavy atom. The van der Waals surface area contributed by atoms with Crippen LogP contribution >= 0.6 is 0 Å². The van der Waals surface area contributed by atoms with Crippen LogP contribution in [-0.4, -0.2) is 26.2 Å². The Hall–Kier alpha value is -1.06. The molecule has 0 radical (unpaired) electrons. The maximum absolute atomic E-state index is 11.4. The van der Waals surface area contributed by atoms with Crippen molar-refractivity contribution in [1.82, 2.24) is 0 Å². The third-order valence-corrected chi connectivity index (χ3v) is 4.19. The number of unbranched alkanes of at least 4 members (excludes halogenated alkanes) is 6. The maximum atomic E-state index is 11.4. The van der Waals surface area contributed by atoms with Crippen LogP contribution in [0.3, 0.4) is 0 Å².